The highest BCUT2D eigenvalue weighted by Crippen LogP contribution is 2.32. The van der Waals surface area contributed by atoms with E-state index in [1.165, 1.54) is 23.3 Å². The lowest BCUT2D eigenvalue weighted by atomic mass is 10.1. The smallest absolute Gasteiger partial charge is 0.384 e. The molecule has 1 amide bonds. The van der Waals surface area contributed by atoms with Gasteiger partial charge in [-0.05, 0) is 43.3 Å². The number of rotatable bonds is 6. The minimum absolute atomic E-state index is 0.156. The van der Waals surface area contributed by atoms with Gasteiger partial charge in [0.05, 0.1) is 17.6 Å². The molecule has 3 aromatic heterocycles. The molecule has 0 spiro atoms. The lowest BCUT2D eigenvalue weighted by Crippen LogP contribution is -2.15. The van der Waals surface area contributed by atoms with Gasteiger partial charge in [-0.2, -0.15) is 13.2 Å². The molecule has 0 aliphatic carbocycles. The van der Waals surface area contributed by atoms with Gasteiger partial charge in [0.15, 0.2) is 0 Å². The van der Waals surface area contributed by atoms with Crippen molar-refractivity contribution >= 4 is 29.0 Å². The molecule has 0 unspecified atom stereocenters. The van der Waals surface area contributed by atoms with Crippen molar-refractivity contribution in [1.29, 1.82) is 0 Å². The number of benzene rings is 2. The van der Waals surface area contributed by atoms with E-state index < -0.39 is 17.6 Å². The summed E-state index contributed by atoms with van der Waals surface area (Å²) < 4.78 is 43.8. The molecule has 0 aliphatic rings. The monoisotopic (exact) mass is 519 g/mol. The lowest BCUT2D eigenvalue weighted by molar-refractivity contribution is -0.137. The number of amides is 1. The third-order valence-corrected chi connectivity index (χ3v) is 5.46. The van der Waals surface area contributed by atoms with Crippen LogP contribution in [-0.2, 0) is 6.18 Å². The Morgan fingerprint density at radius 2 is 1.82 bits per heavy atom. The van der Waals surface area contributed by atoms with Gasteiger partial charge in [-0.15, -0.1) is 0 Å². The zero-order chi connectivity index (χ0) is 26.9. The van der Waals surface area contributed by atoms with Gasteiger partial charge in [-0.3, -0.25) is 9.36 Å². The average molecular weight is 519 g/mol. The molecule has 0 saturated carbocycles. The van der Waals surface area contributed by atoms with E-state index in [4.69, 9.17) is 5.73 Å². The molecule has 0 saturated heterocycles. The maximum Gasteiger partial charge on any atom is 0.416 e. The fourth-order valence-corrected chi connectivity index (χ4v) is 3.70. The zero-order valence-electron chi connectivity index (χ0n) is 19.8. The number of anilines is 4. The van der Waals surface area contributed by atoms with Crippen LogP contribution in [0.25, 0.3) is 11.5 Å². The third-order valence-electron chi connectivity index (χ3n) is 5.46. The number of imidazole rings is 2. The number of halogens is 3. The van der Waals surface area contributed by atoms with Crippen LogP contribution in [0.15, 0.2) is 79.8 Å². The number of hydrogen-bond acceptors (Lipinski definition) is 7. The molecule has 0 atom stereocenters. The summed E-state index contributed by atoms with van der Waals surface area (Å²) in [5.74, 6) is 0.504. The number of aromatic nitrogens is 6. The van der Waals surface area contributed by atoms with Crippen LogP contribution in [0.2, 0.25) is 0 Å². The summed E-state index contributed by atoms with van der Waals surface area (Å²) in [5.41, 5.74) is 6.36. The van der Waals surface area contributed by atoms with Gasteiger partial charge < -0.3 is 20.9 Å². The topological polar surface area (TPSA) is 129 Å². The van der Waals surface area contributed by atoms with Gasteiger partial charge in [-0.1, -0.05) is 6.07 Å². The second kappa shape index (κ2) is 9.69. The molecule has 5 aromatic rings. The largest absolute Gasteiger partial charge is 0.416 e. The highest BCUT2D eigenvalue weighted by molar-refractivity contribution is 6.05. The summed E-state index contributed by atoms with van der Waals surface area (Å²) in [6.07, 6.45) is 2.91. The summed E-state index contributed by atoms with van der Waals surface area (Å²) in [4.78, 5) is 29.4. The van der Waals surface area contributed by atoms with Crippen LogP contribution < -0.4 is 16.4 Å². The lowest BCUT2D eigenvalue weighted by Gasteiger charge is -2.14. The summed E-state index contributed by atoms with van der Waals surface area (Å²) in [5, 5.41) is 5.79. The molecular formula is C25H20F3N9O. The standard InChI is InChI=1S/C25H20F3N9O/c1-15-12-36(14-33-15)20-8-16(7-17(9-20)25(26,27)28)23(38)34-18-3-2-4-19(10-18)35-24-30-5-6-37(24)22-11-21(29)31-13-32-22/h2-14H,1H3,(H,30,35)(H,34,38)(H2,29,31,32). The molecule has 5 rings (SSSR count). The number of aryl methyl sites for hydroxylation is 1. The zero-order valence-corrected chi connectivity index (χ0v) is 19.8. The second-order valence-electron chi connectivity index (χ2n) is 8.27. The number of carbonyl (C=O) groups is 1. The van der Waals surface area contributed by atoms with Gasteiger partial charge in [0.25, 0.3) is 5.91 Å². The first-order valence-corrected chi connectivity index (χ1v) is 11.2. The van der Waals surface area contributed by atoms with Crippen LogP contribution >= 0.6 is 0 Å². The molecule has 13 heteroatoms. The first-order chi connectivity index (χ1) is 18.2. The van der Waals surface area contributed by atoms with Crippen molar-refractivity contribution in [3.05, 3.63) is 96.6 Å². The number of nitrogen functional groups attached to an aromatic ring is 1. The van der Waals surface area contributed by atoms with Gasteiger partial charge >= 0.3 is 6.18 Å². The molecule has 0 aliphatic heterocycles. The first-order valence-electron chi connectivity index (χ1n) is 11.2. The van der Waals surface area contributed by atoms with E-state index in [9.17, 15) is 18.0 Å². The van der Waals surface area contributed by atoms with Crippen LogP contribution in [0.5, 0.6) is 0 Å². The number of hydrogen-bond donors (Lipinski definition) is 3. The molecule has 10 nitrogen and oxygen atoms in total. The van der Waals surface area contributed by atoms with E-state index in [2.05, 4.69) is 30.6 Å². The number of nitrogens with one attached hydrogen (secondary N) is 2. The Kier molecular flexibility index (Phi) is 6.24. The molecule has 2 aromatic carbocycles. The fourth-order valence-electron chi connectivity index (χ4n) is 3.70. The van der Waals surface area contributed by atoms with Crippen molar-refractivity contribution < 1.29 is 18.0 Å². The first kappa shape index (κ1) is 24.5. The Hall–Kier alpha value is -5.20. The number of carbonyl (C=O) groups excluding carboxylic acids is 1. The van der Waals surface area contributed by atoms with E-state index >= 15 is 0 Å². The molecule has 0 bridgehead atoms. The Balaban J connectivity index is 1.39. The maximum atomic E-state index is 13.6. The van der Waals surface area contributed by atoms with Crippen molar-refractivity contribution in [2.75, 3.05) is 16.4 Å². The van der Waals surface area contributed by atoms with Crippen LogP contribution in [0.4, 0.5) is 36.3 Å². The average Bonchev–Trinajstić information content (AvgIpc) is 3.52. The Morgan fingerprint density at radius 1 is 1.00 bits per heavy atom. The van der Waals surface area contributed by atoms with E-state index in [1.807, 2.05) is 0 Å². The SMILES string of the molecule is Cc1cn(-c2cc(C(=O)Nc3cccc(Nc4nccn4-c4cc(N)ncn4)c3)cc(C(F)(F)F)c2)cn1. The van der Waals surface area contributed by atoms with Crippen molar-refractivity contribution in [3.63, 3.8) is 0 Å². The fraction of sp³-hybridized carbons (Fsp3) is 0.0800. The Labute approximate surface area is 214 Å². The predicted octanol–water partition coefficient (Wildman–Crippen LogP) is 4.75. The van der Waals surface area contributed by atoms with Gasteiger partial charge in [0.1, 0.15) is 18.0 Å². The van der Waals surface area contributed by atoms with Crippen LogP contribution in [0.3, 0.4) is 0 Å². The summed E-state index contributed by atoms with van der Waals surface area (Å²) in [7, 11) is 0. The van der Waals surface area contributed by atoms with Crippen molar-refractivity contribution in [2.45, 2.75) is 13.1 Å². The summed E-state index contributed by atoms with van der Waals surface area (Å²) >= 11 is 0. The second-order valence-corrected chi connectivity index (χ2v) is 8.27. The molecule has 4 N–H and O–H groups in total. The predicted molar refractivity (Wildman–Crippen MR) is 135 cm³/mol. The Bertz CT molecular complexity index is 1620. The normalized spacial score (nSPS) is 11.4. The van der Waals surface area contributed by atoms with Crippen LogP contribution in [0.1, 0.15) is 21.6 Å². The molecular weight excluding hydrogens is 499 g/mol. The van der Waals surface area contributed by atoms with Gasteiger partial charge in [0.2, 0.25) is 5.95 Å². The molecule has 0 fully saturated rings. The number of nitrogens with two attached hydrogens (primary N) is 1. The van der Waals surface area contributed by atoms with Gasteiger partial charge in [0, 0.05) is 47.3 Å². The van der Waals surface area contributed by atoms with E-state index in [1.54, 1.807) is 60.4 Å². The van der Waals surface area contributed by atoms with E-state index in [0.29, 0.717) is 34.7 Å². The Morgan fingerprint density at radius 3 is 2.55 bits per heavy atom. The maximum absolute atomic E-state index is 13.6. The van der Waals surface area contributed by atoms with Crippen molar-refractivity contribution in [1.82, 2.24) is 29.1 Å². The van der Waals surface area contributed by atoms with Crippen molar-refractivity contribution in [2.24, 2.45) is 0 Å². The van der Waals surface area contributed by atoms with Crippen LogP contribution in [-0.4, -0.2) is 35.0 Å². The summed E-state index contributed by atoms with van der Waals surface area (Å²) in [6.45, 7) is 1.72. The number of alkyl halides is 3. The van der Waals surface area contributed by atoms with Crippen molar-refractivity contribution in [3.8, 4) is 11.5 Å². The highest BCUT2D eigenvalue weighted by atomic mass is 19.4. The van der Waals surface area contributed by atoms with Crippen LogP contribution in [0, 0.1) is 6.92 Å². The van der Waals surface area contributed by atoms with Gasteiger partial charge in [-0.25, -0.2) is 19.9 Å². The van der Waals surface area contributed by atoms with E-state index in [0.717, 1.165) is 12.1 Å². The third kappa shape index (κ3) is 5.31. The van der Waals surface area contributed by atoms with E-state index in [-0.39, 0.29) is 11.3 Å². The molecule has 38 heavy (non-hydrogen) atoms. The minimum atomic E-state index is -4.64. The molecule has 192 valence electrons. The highest BCUT2D eigenvalue weighted by Gasteiger charge is 2.32. The quantitative estimate of drug-likeness (QED) is 0.295. The summed E-state index contributed by atoms with van der Waals surface area (Å²) in [6, 6.07) is 11.4. The molecule has 0 radical (unpaired) electrons. The minimum Gasteiger partial charge on any atom is -0.384 e. The number of nitrogens with zero attached hydrogens (tertiary/aromatic N) is 6. The molecule has 3 heterocycles.